The number of pyridine rings is 1. The number of nitrogens with zero attached hydrogens (tertiary/aromatic N) is 3. The molecule has 3 heterocycles. The topological polar surface area (TPSA) is 61.0 Å². The van der Waals surface area contributed by atoms with Gasteiger partial charge in [-0.3, -0.25) is 4.98 Å². The maximum atomic E-state index is 5.48. The van der Waals surface area contributed by atoms with E-state index in [1.807, 2.05) is 19.1 Å². The van der Waals surface area contributed by atoms with E-state index in [1.165, 1.54) is 0 Å². The fourth-order valence-corrected chi connectivity index (χ4v) is 2.49. The van der Waals surface area contributed by atoms with Crippen molar-refractivity contribution < 1.29 is 9.26 Å². The van der Waals surface area contributed by atoms with E-state index in [1.54, 1.807) is 24.2 Å². The zero-order valence-electron chi connectivity index (χ0n) is 9.79. The van der Waals surface area contributed by atoms with E-state index in [9.17, 15) is 0 Å². The Hall–Kier alpha value is -1.82. The van der Waals surface area contributed by atoms with Gasteiger partial charge in [-0.15, -0.1) is 11.8 Å². The summed E-state index contributed by atoms with van der Waals surface area (Å²) in [4.78, 5) is 9.28. The van der Waals surface area contributed by atoms with Gasteiger partial charge in [0, 0.05) is 23.7 Å². The van der Waals surface area contributed by atoms with Gasteiger partial charge in [-0.1, -0.05) is 5.16 Å². The van der Waals surface area contributed by atoms with Gasteiger partial charge < -0.3 is 9.26 Å². The van der Waals surface area contributed by atoms with Crippen molar-refractivity contribution >= 4 is 16.7 Å². The number of rotatable bonds is 2. The van der Waals surface area contributed by atoms with Crippen LogP contribution < -0.4 is 0 Å². The maximum Gasteiger partial charge on any atom is 0.268 e. The summed E-state index contributed by atoms with van der Waals surface area (Å²) in [5, 5.41) is 3.98. The van der Waals surface area contributed by atoms with Gasteiger partial charge in [0.15, 0.2) is 0 Å². The lowest BCUT2D eigenvalue weighted by molar-refractivity contribution is 0.233. The summed E-state index contributed by atoms with van der Waals surface area (Å²) >= 11 is 1.68. The molecule has 5 nitrogen and oxygen atoms in total. The molecule has 0 aliphatic carbocycles. The van der Waals surface area contributed by atoms with Crippen LogP contribution in [0.2, 0.25) is 0 Å². The Morgan fingerprint density at radius 2 is 2.11 bits per heavy atom. The van der Waals surface area contributed by atoms with E-state index in [0.29, 0.717) is 11.7 Å². The summed E-state index contributed by atoms with van der Waals surface area (Å²) < 4.78 is 10.8. The second-order valence-electron chi connectivity index (χ2n) is 3.74. The average molecular weight is 261 g/mol. The van der Waals surface area contributed by atoms with E-state index >= 15 is 0 Å². The number of aromatic nitrogens is 3. The smallest absolute Gasteiger partial charge is 0.268 e. The van der Waals surface area contributed by atoms with E-state index in [4.69, 9.17) is 9.26 Å². The predicted octanol–water partition coefficient (Wildman–Crippen LogP) is 2.58. The lowest BCUT2D eigenvalue weighted by Crippen LogP contribution is -2.04. The molecule has 0 saturated heterocycles. The summed E-state index contributed by atoms with van der Waals surface area (Å²) in [5.41, 5.74) is 0.889. The van der Waals surface area contributed by atoms with Crippen LogP contribution in [0.4, 0.5) is 0 Å². The summed E-state index contributed by atoms with van der Waals surface area (Å²) in [6.07, 6.45) is 3.41. The van der Waals surface area contributed by atoms with Crippen molar-refractivity contribution in [3.05, 3.63) is 36.2 Å². The highest BCUT2D eigenvalue weighted by Gasteiger charge is 2.19. The van der Waals surface area contributed by atoms with Gasteiger partial charge in [0.05, 0.1) is 6.61 Å². The Labute approximate surface area is 108 Å². The van der Waals surface area contributed by atoms with Crippen LogP contribution in [0.3, 0.4) is 0 Å². The molecular formula is C12H11N3O2S. The van der Waals surface area contributed by atoms with Crippen LogP contribution in [0.15, 0.2) is 34.8 Å². The van der Waals surface area contributed by atoms with Crippen molar-refractivity contribution in [3.8, 4) is 11.4 Å². The summed E-state index contributed by atoms with van der Waals surface area (Å²) in [6.45, 7) is 2.64. The number of allylic oxidation sites excluding steroid dienone is 1. The molecule has 1 aliphatic heterocycles. The molecule has 0 unspecified atom stereocenters. The second-order valence-corrected chi connectivity index (χ2v) is 4.85. The highest BCUT2D eigenvalue weighted by molar-refractivity contribution is 8.08. The summed E-state index contributed by atoms with van der Waals surface area (Å²) in [7, 11) is 0. The molecule has 0 bridgehead atoms. The molecule has 0 amide bonds. The van der Waals surface area contributed by atoms with E-state index in [-0.39, 0.29) is 0 Å². The van der Waals surface area contributed by atoms with Crippen LogP contribution in [0.5, 0.6) is 0 Å². The highest BCUT2D eigenvalue weighted by atomic mass is 32.2. The van der Waals surface area contributed by atoms with E-state index < -0.39 is 0 Å². The molecular weight excluding hydrogens is 250 g/mol. The maximum absolute atomic E-state index is 5.48. The number of hydrogen-bond acceptors (Lipinski definition) is 6. The molecule has 0 aromatic carbocycles. The SMILES string of the molecule is CC1=C(c2nc(-c3ccncc3)no2)SCCO1. The minimum Gasteiger partial charge on any atom is -0.496 e. The van der Waals surface area contributed by atoms with Crippen molar-refractivity contribution in [1.82, 2.24) is 15.1 Å². The normalized spacial score (nSPS) is 15.6. The quantitative estimate of drug-likeness (QED) is 0.828. The minimum absolute atomic E-state index is 0.518. The van der Waals surface area contributed by atoms with Gasteiger partial charge in [0.1, 0.15) is 10.7 Å². The Balaban J connectivity index is 1.95. The van der Waals surface area contributed by atoms with E-state index in [2.05, 4.69) is 15.1 Å². The number of ether oxygens (including phenoxy) is 1. The Bertz CT molecular complexity index is 580. The Morgan fingerprint density at radius 3 is 2.89 bits per heavy atom. The molecule has 2 aromatic heterocycles. The molecule has 1 aliphatic rings. The van der Waals surface area contributed by atoms with Crippen molar-refractivity contribution in [2.45, 2.75) is 6.92 Å². The fourth-order valence-electron chi connectivity index (χ4n) is 1.65. The minimum atomic E-state index is 0.518. The molecule has 0 N–H and O–H groups in total. The molecule has 6 heteroatoms. The third-order valence-corrected chi connectivity index (χ3v) is 3.65. The summed E-state index contributed by atoms with van der Waals surface area (Å²) in [5.74, 6) is 2.83. The first kappa shape index (κ1) is 11.3. The van der Waals surface area contributed by atoms with Crippen molar-refractivity contribution in [3.63, 3.8) is 0 Å². The first-order chi connectivity index (χ1) is 8.84. The number of thioether (sulfide) groups is 1. The molecule has 0 spiro atoms. The van der Waals surface area contributed by atoms with Crippen LogP contribution in [-0.4, -0.2) is 27.5 Å². The molecule has 0 atom stereocenters. The van der Waals surface area contributed by atoms with E-state index in [0.717, 1.165) is 28.6 Å². The first-order valence-electron chi connectivity index (χ1n) is 5.55. The lowest BCUT2D eigenvalue weighted by Gasteiger charge is -2.15. The van der Waals surface area contributed by atoms with Crippen LogP contribution >= 0.6 is 11.8 Å². The first-order valence-corrected chi connectivity index (χ1v) is 6.54. The second kappa shape index (κ2) is 4.81. The number of hydrogen-bond donors (Lipinski definition) is 0. The molecule has 3 rings (SSSR count). The molecule has 0 fully saturated rings. The van der Waals surface area contributed by atoms with Crippen molar-refractivity contribution in [2.24, 2.45) is 0 Å². The van der Waals surface area contributed by atoms with Gasteiger partial charge >= 0.3 is 0 Å². The van der Waals surface area contributed by atoms with Crippen molar-refractivity contribution in [2.75, 3.05) is 12.4 Å². The predicted molar refractivity (Wildman–Crippen MR) is 68.5 cm³/mol. The van der Waals surface area contributed by atoms with Gasteiger partial charge in [0.25, 0.3) is 5.89 Å². The van der Waals surface area contributed by atoms with Crippen LogP contribution in [0.25, 0.3) is 16.3 Å². The standard InChI is InChI=1S/C12H11N3O2S/c1-8-10(18-7-6-16-8)12-14-11(15-17-12)9-2-4-13-5-3-9/h2-5H,6-7H2,1H3. The van der Waals surface area contributed by atoms with Gasteiger partial charge in [-0.05, 0) is 19.1 Å². The molecule has 92 valence electrons. The molecule has 0 saturated carbocycles. The van der Waals surface area contributed by atoms with Gasteiger partial charge in [-0.25, -0.2) is 0 Å². The Kier molecular flexibility index (Phi) is 3.02. The third-order valence-electron chi connectivity index (χ3n) is 2.53. The largest absolute Gasteiger partial charge is 0.496 e. The highest BCUT2D eigenvalue weighted by Crippen LogP contribution is 2.34. The lowest BCUT2D eigenvalue weighted by atomic mass is 10.2. The molecule has 0 radical (unpaired) electrons. The van der Waals surface area contributed by atoms with Crippen molar-refractivity contribution in [1.29, 1.82) is 0 Å². The summed E-state index contributed by atoms with van der Waals surface area (Å²) in [6, 6.07) is 3.70. The monoisotopic (exact) mass is 261 g/mol. The van der Waals surface area contributed by atoms with Gasteiger partial charge in [0.2, 0.25) is 5.82 Å². The zero-order chi connectivity index (χ0) is 12.4. The van der Waals surface area contributed by atoms with Crippen LogP contribution in [0.1, 0.15) is 12.8 Å². The molecule has 2 aromatic rings. The zero-order valence-corrected chi connectivity index (χ0v) is 10.6. The Morgan fingerprint density at radius 1 is 1.28 bits per heavy atom. The van der Waals surface area contributed by atoms with Crippen LogP contribution in [-0.2, 0) is 4.74 Å². The van der Waals surface area contributed by atoms with Gasteiger partial charge in [-0.2, -0.15) is 4.98 Å². The van der Waals surface area contributed by atoms with Crippen LogP contribution in [0, 0.1) is 0 Å². The molecule has 18 heavy (non-hydrogen) atoms. The average Bonchev–Trinajstić information content (AvgIpc) is 2.90. The fraction of sp³-hybridized carbons (Fsp3) is 0.250. The third kappa shape index (κ3) is 2.11.